The molecule has 0 aromatic rings. The Balaban J connectivity index is 0. The number of hydrogen-bond donors (Lipinski definition) is 0. The number of rotatable bonds is 5. The molecule has 0 aromatic carbocycles. The second-order valence-electron chi connectivity index (χ2n) is 3.83. The van der Waals surface area contributed by atoms with Crippen LogP contribution in [0.3, 0.4) is 0 Å². The minimum atomic E-state index is -6.00. The molecule has 0 aliphatic carbocycles. The van der Waals surface area contributed by atoms with E-state index in [0.29, 0.717) is 0 Å². The summed E-state index contributed by atoms with van der Waals surface area (Å²) in [6.45, 7) is 8.24. The zero-order valence-corrected chi connectivity index (χ0v) is 11.3. The molecule has 0 aromatic heterocycles. The molecule has 0 rings (SSSR count). The molecule has 0 fully saturated rings. The molecular formula is C9H22BF4NO2. The van der Waals surface area contributed by atoms with E-state index in [2.05, 4.69) is 20.9 Å². The Hall–Kier alpha value is -0.335. The Bertz CT molecular complexity index is 184. The first kappa shape index (κ1) is 19.0. The molecule has 3 nitrogen and oxygen atoms in total. The van der Waals surface area contributed by atoms with Gasteiger partial charge in [0.05, 0.1) is 20.1 Å². The summed E-state index contributed by atoms with van der Waals surface area (Å²) in [7, 11) is -0.496. The number of hydrogen-bond acceptors (Lipinski definition) is 2. The van der Waals surface area contributed by atoms with Crippen LogP contribution in [-0.4, -0.2) is 52.0 Å². The molecule has 0 saturated carbocycles. The lowest BCUT2D eigenvalue weighted by Gasteiger charge is -2.44. The van der Waals surface area contributed by atoms with Crippen LogP contribution in [0.1, 0.15) is 20.8 Å². The van der Waals surface area contributed by atoms with Crippen LogP contribution in [0, 0.1) is 0 Å². The lowest BCUT2D eigenvalue weighted by Crippen LogP contribution is -2.62. The highest BCUT2D eigenvalue weighted by atomic mass is 19.5. The summed E-state index contributed by atoms with van der Waals surface area (Å²) in [6.07, 6.45) is 0. The molecule has 0 saturated heterocycles. The summed E-state index contributed by atoms with van der Waals surface area (Å²) in [5, 5.41) is 0. The predicted octanol–water partition coefficient (Wildman–Crippen LogP) is 2.74. The van der Waals surface area contributed by atoms with E-state index >= 15 is 0 Å². The minimum Gasteiger partial charge on any atom is -0.418 e. The fraction of sp³-hybridized carbons (Fsp3) is 1.00. The van der Waals surface area contributed by atoms with Crippen LogP contribution in [-0.2, 0) is 9.47 Å². The van der Waals surface area contributed by atoms with Crippen LogP contribution in [0.25, 0.3) is 0 Å². The monoisotopic (exact) mass is 263 g/mol. The van der Waals surface area contributed by atoms with Crippen LogP contribution in [0.2, 0.25) is 0 Å². The van der Waals surface area contributed by atoms with Crippen molar-refractivity contribution < 1.29 is 31.2 Å². The Labute approximate surface area is 100 Å². The maximum atomic E-state index is 9.75. The maximum Gasteiger partial charge on any atom is 0.673 e. The predicted molar refractivity (Wildman–Crippen MR) is 59.9 cm³/mol. The standard InChI is InChI=1S/C9H22NO2.BF4/c1-7-10(4,8-2)9(3,11-5)12-6;2-1(3,4)5/h7-8H2,1-6H3;/q+1;-1. The highest BCUT2D eigenvalue weighted by molar-refractivity contribution is 6.50. The SMILES string of the molecule is CC[N+](C)(CC)C(C)(OC)OC.F[B-](F)(F)F. The number of ether oxygens (including phenoxy) is 2. The van der Waals surface area contributed by atoms with Gasteiger partial charge < -0.3 is 26.7 Å². The van der Waals surface area contributed by atoms with E-state index in [1.165, 1.54) is 0 Å². The second-order valence-corrected chi connectivity index (χ2v) is 3.83. The summed E-state index contributed by atoms with van der Waals surface area (Å²) in [6, 6.07) is 0. The highest BCUT2D eigenvalue weighted by Gasteiger charge is 2.42. The quantitative estimate of drug-likeness (QED) is 0.328. The van der Waals surface area contributed by atoms with Crippen molar-refractivity contribution in [2.75, 3.05) is 34.4 Å². The van der Waals surface area contributed by atoms with Crippen LogP contribution in [0.15, 0.2) is 0 Å². The van der Waals surface area contributed by atoms with Crippen molar-refractivity contribution >= 4 is 7.25 Å². The van der Waals surface area contributed by atoms with E-state index < -0.39 is 13.2 Å². The van der Waals surface area contributed by atoms with Gasteiger partial charge in [0.2, 0.25) is 0 Å². The average Bonchev–Trinajstić information content (AvgIpc) is 2.24. The zero-order valence-electron chi connectivity index (χ0n) is 11.3. The lowest BCUT2D eigenvalue weighted by atomic mass is 10.3. The molecule has 0 spiro atoms. The van der Waals surface area contributed by atoms with Gasteiger partial charge in [-0.25, -0.2) is 0 Å². The molecular weight excluding hydrogens is 241 g/mol. The molecule has 0 aliphatic heterocycles. The van der Waals surface area contributed by atoms with E-state index in [-0.39, 0.29) is 0 Å². The number of halogens is 4. The number of nitrogens with zero attached hydrogens (tertiary/aromatic N) is 1. The molecule has 0 bridgehead atoms. The average molecular weight is 263 g/mol. The van der Waals surface area contributed by atoms with Crippen LogP contribution in [0.4, 0.5) is 17.3 Å². The van der Waals surface area contributed by atoms with Gasteiger partial charge in [0, 0.05) is 21.1 Å². The Morgan fingerprint density at radius 3 is 1.29 bits per heavy atom. The molecule has 0 N–H and O–H groups in total. The third-order valence-corrected chi connectivity index (χ3v) is 3.13. The molecule has 0 unspecified atom stereocenters. The van der Waals surface area contributed by atoms with Crippen molar-refractivity contribution in [3.63, 3.8) is 0 Å². The smallest absolute Gasteiger partial charge is 0.418 e. The van der Waals surface area contributed by atoms with E-state index in [0.717, 1.165) is 17.6 Å². The minimum absolute atomic E-state index is 0.524. The molecule has 0 heterocycles. The van der Waals surface area contributed by atoms with Gasteiger partial charge in [0.25, 0.3) is 0 Å². The van der Waals surface area contributed by atoms with Gasteiger partial charge in [-0.05, 0) is 13.8 Å². The van der Waals surface area contributed by atoms with Crippen LogP contribution in [0.5, 0.6) is 0 Å². The Morgan fingerprint density at radius 2 is 1.24 bits per heavy atom. The van der Waals surface area contributed by atoms with Crippen molar-refractivity contribution in [2.24, 2.45) is 0 Å². The van der Waals surface area contributed by atoms with Gasteiger partial charge in [-0.3, -0.25) is 4.48 Å². The lowest BCUT2D eigenvalue weighted by molar-refractivity contribution is -1.00. The Kier molecular flexibility index (Phi) is 8.03. The van der Waals surface area contributed by atoms with Crippen LogP contribution < -0.4 is 0 Å². The summed E-state index contributed by atoms with van der Waals surface area (Å²) in [5.41, 5.74) is 0. The van der Waals surface area contributed by atoms with Gasteiger partial charge >= 0.3 is 13.2 Å². The third kappa shape index (κ3) is 6.85. The van der Waals surface area contributed by atoms with Crippen molar-refractivity contribution in [1.82, 2.24) is 0 Å². The number of methoxy groups -OCH3 is 2. The molecule has 0 amide bonds. The van der Waals surface area contributed by atoms with Gasteiger partial charge in [-0.2, -0.15) is 0 Å². The first-order valence-corrected chi connectivity index (χ1v) is 5.32. The zero-order chi connectivity index (χ0) is 14.3. The van der Waals surface area contributed by atoms with Crippen molar-refractivity contribution in [2.45, 2.75) is 26.7 Å². The molecule has 0 atom stereocenters. The van der Waals surface area contributed by atoms with Crippen molar-refractivity contribution in [3.05, 3.63) is 0 Å². The van der Waals surface area contributed by atoms with Crippen molar-refractivity contribution in [1.29, 1.82) is 0 Å². The summed E-state index contributed by atoms with van der Waals surface area (Å²) in [4.78, 5) is 0. The molecule has 17 heavy (non-hydrogen) atoms. The van der Waals surface area contributed by atoms with Gasteiger partial charge in [-0.15, -0.1) is 0 Å². The molecule has 0 radical (unpaired) electrons. The number of quaternary nitrogens is 1. The highest BCUT2D eigenvalue weighted by Crippen LogP contribution is 2.23. The third-order valence-electron chi connectivity index (χ3n) is 3.13. The van der Waals surface area contributed by atoms with E-state index in [9.17, 15) is 17.3 Å². The Morgan fingerprint density at radius 1 is 1.00 bits per heavy atom. The first-order chi connectivity index (χ1) is 7.49. The summed E-state index contributed by atoms with van der Waals surface area (Å²) >= 11 is 0. The van der Waals surface area contributed by atoms with Gasteiger partial charge in [0.15, 0.2) is 0 Å². The summed E-state index contributed by atoms with van der Waals surface area (Å²) in [5.74, 6) is -0.524. The second kappa shape index (κ2) is 7.18. The van der Waals surface area contributed by atoms with Gasteiger partial charge in [0.1, 0.15) is 0 Å². The van der Waals surface area contributed by atoms with Crippen molar-refractivity contribution in [3.8, 4) is 0 Å². The fourth-order valence-electron chi connectivity index (χ4n) is 1.32. The first-order valence-electron chi connectivity index (χ1n) is 5.32. The largest absolute Gasteiger partial charge is 0.673 e. The molecule has 106 valence electrons. The van der Waals surface area contributed by atoms with E-state index in [1.807, 2.05) is 6.92 Å². The van der Waals surface area contributed by atoms with E-state index in [1.54, 1.807) is 14.2 Å². The normalized spacial score (nSPS) is 13.1. The fourth-order valence-corrected chi connectivity index (χ4v) is 1.32. The molecule has 0 aliphatic rings. The van der Waals surface area contributed by atoms with Gasteiger partial charge in [-0.1, -0.05) is 0 Å². The maximum absolute atomic E-state index is 9.75. The summed E-state index contributed by atoms with van der Waals surface area (Å²) < 4.78 is 50.5. The molecule has 8 heteroatoms. The topological polar surface area (TPSA) is 18.5 Å². The van der Waals surface area contributed by atoms with E-state index in [4.69, 9.17) is 9.47 Å². The van der Waals surface area contributed by atoms with Crippen LogP contribution >= 0.6 is 0 Å².